The number of ether oxygens (including phenoxy) is 2. The summed E-state index contributed by atoms with van der Waals surface area (Å²) in [6, 6.07) is 0. The Hall–Kier alpha value is -0.830. The maximum atomic E-state index is 11.0. The third-order valence-electron chi connectivity index (χ3n) is 1.85. The van der Waals surface area contributed by atoms with E-state index in [4.69, 9.17) is 9.47 Å². The third kappa shape index (κ3) is 9.47. The Balaban J connectivity index is 3.18. The van der Waals surface area contributed by atoms with Crippen LogP contribution in [0.25, 0.3) is 0 Å². The van der Waals surface area contributed by atoms with Crippen molar-refractivity contribution in [1.29, 1.82) is 0 Å². The second kappa shape index (κ2) is 8.48. The zero-order valence-corrected chi connectivity index (χ0v) is 10.0. The summed E-state index contributed by atoms with van der Waals surface area (Å²) >= 11 is 0. The van der Waals surface area contributed by atoms with Crippen LogP contribution in [0.3, 0.4) is 0 Å². The summed E-state index contributed by atoms with van der Waals surface area (Å²) in [5.74, 6) is 0.350. The monoisotopic (exact) mass is 214 g/mol. The average molecular weight is 214 g/mol. The van der Waals surface area contributed by atoms with E-state index in [0.717, 1.165) is 19.4 Å². The summed E-state index contributed by atoms with van der Waals surface area (Å²) in [5.41, 5.74) is 0.440. The lowest BCUT2D eigenvalue weighted by atomic mass is 10.1. The van der Waals surface area contributed by atoms with E-state index >= 15 is 0 Å². The fraction of sp³-hybridized carbons (Fsp3) is 0.750. The van der Waals surface area contributed by atoms with Gasteiger partial charge in [0, 0.05) is 25.2 Å². The molecule has 3 heteroatoms. The molecule has 0 atom stereocenters. The summed E-state index contributed by atoms with van der Waals surface area (Å²) in [4.78, 5) is 11.0. The quantitative estimate of drug-likeness (QED) is 0.354. The summed E-state index contributed by atoms with van der Waals surface area (Å²) in [6.45, 7) is 11.3. The normalized spacial score (nSPS) is 10.4. The highest BCUT2D eigenvalue weighted by Crippen LogP contribution is 1.99. The van der Waals surface area contributed by atoms with Gasteiger partial charge in [0.25, 0.3) is 0 Å². The van der Waals surface area contributed by atoms with Crippen molar-refractivity contribution in [3.63, 3.8) is 0 Å². The topological polar surface area (TPSA) is 35.5 Å². The predicted octanol–water partition coefficient (Wildman–Crippen LogP) is 2.56. The standard InChI is InChI=1S/C12H22O3/c1-10(2)6-9-14-7-5-8-15-12(13)11(3)4/h10H,3,5-9H2,1-2,4H3. The smallest absolute Gasteiger partial charge is 0.333 e. The molecule has 0 N–H and O–H groups in total. The Morgan fingerprint density at radius 1 is 1.27 bits per heavy atom. The lowest BCUT2D eigenvalue weighted by Crippen LogP contribution is -2.09. The van der Waals surface area contributed by atoms with Crippen LogP contribution in [-0.2, 0) is 14.3 Å². The molecule has 0 heterocycles. The molecule has 88 valence electrons. The largest absolute Gasteiger partial charge is 0.462 e. The molecule has 15 heavy (non-hydrogen) atoms. The molecule has 0 aliphatic carbocycles. The molecule has 0 fully saturated rings. The van der Waals surface area contributed by atoms with Gasteiger partial charge in [0.15, 0.2) is 0 Å². The number of rotatable bonds is 8. The minimum atomic E-state index is -0.322. The minimum absolute atomic E-state index is 0.322. The first kappa shape index (κ1) is 14.2. The molecule has 3 nitrogen and oxygen atoms in total. The van der Waals surface area contributed by atoms with E-state index in [9.17, 15) is 4.79 Å². The number of hydrogen-bond donors (Lipinski definition) is 0. The number of esters is 1. The van der Waals surface area contributed by atoms with Crippen molar-refractivity contribution in [3.05, 3.63) is 12.2 Å². The fourth-order valence-corrected chi connectivity index (χ4v) is 0.870. The van der Waals surface area contributed by atoms with Crippen LogP contribution in [0.4, 0.5) is 0 Å². The van der Waals surface area contributed by atoms with Crippen LogP contribution in [0, 0.1) is 5.92 Å². The molecule has 0 amide bonds. The summed E-state index contributed by atoms with van der Waals surface area (Å²) in [7, 11) is 0. The van der Waals surface area contributed by atoms with E-state index in [1.165, 1.54) is 0 Å². The molecule has 0 spiro atoms. The van der Waals surface area contributed by atoms with Gasteiger partial charge in [0.05, 0.1) is 6.61 Å². The van der Waals surface area contributed by atoms with Crippen molar-refractivity contribution in [2.45, 2.75) is 33.6 Å². The van der Waals surface area contributed by atoms with E-state index in [2.05, 4.69) is 20.4 Å². The van der Waals surface area contributed by atoms with E-state index in [0.29, 0.717) is 24.7 Å². The van der Waals surface area contributed by atoms with Crippen molar-refractivity contribution >= 4 is 5.97 Å². The Bertz CT molecular complexity index is 197. The van der Waals surface area contributed by atoms with Crippen LogP contribution < -0.4 is 0 Å². The number of carbonyl (C=O) groups is 1. The van der Waals surface area contributed by atoms with Crippen molar-refractivity contribution in [1.82, 2.24) is 0 Å². The molecule has 0 aromatic rings. The Kier molecular flexibility index (Phi) is 8.01. The Morgan fingerprint density at radius 2 is 1.93 bits per heavy atom. The van der Waals surface area contributed by atoms with Crippen molar-refractivity contribution in [3.8, 4) is 0 Å². The van der Waals surface area contributed by atoms with Gasteiger partial charge >= 0.3 is 5.97 Å². The highest BCUT2D eigenvalue weighted by atomic mass is 16.5. The van der Waals surface area contributed by atoms with E-state index in [-0.39, 0.29) is 5.97 Å². The minimum Gasteiger partial charge on any atom is -0.462 e. The second-order valence-electron chi connectivity index (χ2n) is 4.06. The first-order valence-electron chi connectivity index (χ1n) is 5.44. The Labute approximate surface area is 92.5 Å². The van der Waals surface area contributed by atoms with Gasteiger partial charge in [0.1, 0.15) is 0 Å². The molecule has 0 saturated heterocycles. The van der Waals surface area contributed by atoms with Gasteiger partial charge in [-0.15, -0.1) is 0 Å². The van der Waals surface area contributed by atoms with Gasteiger partial charge in [-0.3, -0.25) is 0 Å². The second-order valence-corrected chi connectivity index (χ2v) is 4.06. The molecule has 0 unspecified atom stereocenters. The van der Waals surface area contributed by atoms with Gasteiger partial charge in [-0.25, -0.2) is 4.79 Å². The Morgan fingerprint density at radius 3 is 2.47 bits per heavy atom. The zero-order valence-electron chi connectivity index (χ0n) is 10.0. The first-order valence-corrected chi connectivity index (χ1v) is 5.44. The molecule has 0 aromatic heterocycles. The average Bonchev–Trinajstić information content (AvgIpc) is 2.15. The van der Waals surface area contributed by atoms with Crippen LogP contribution in [0.1, 0.15) is 33.6 Å². The van der Waals surface area contributed by atoms with Crippen molar-refractivity contribution in [2.24, 2.45) is 5.92 Å². The molecule has 0 aromatic carbocycles. The van der Waals surface area contributed by atoms with Gasteiger partial charge in [0.2, 0.25) is 0 Å². The maximum absolute atomic E-state index is 11.0. The molecule has 0 saturated carbocycles. The van der Waals surface area contributed by atoms with Crippen molar-refractivity contribution < 1.29 is 14.3 Å². The molecule has 0 aliphatic rings. The van der Waals surface area contributed by atoms with Gasteiger partial charge in [-0.05, 0) is 19.3 Å². The molecule has 0 bridgehead atoms. The third-order valence-corrected chi connectivity index (χ3v) is 1.85. The van der Waals surface area contributed by atoms with E-state index in [1.54, 1.807) is 6.92 Å². The van der Waals surface area contributed by atoms with Gasteiger partial charge in [-0.2, -0.15) is 0 Å². The molecular weight excluding hydrogens is 192 g/mol. The fourth-order valence-electron chi connectivity index (χ4n) is 0.870. The predicted molar refractivity (Wildman–Crippen MR) is 60.7 cm³/mol. The van der Waals surface area contributed by atoms with E-state index < -0.39 is 0 Å². The lowest BCUT2D eigenvalue weighted by molar-refractivity contribution is -0.139. The van der Waals surface area contributed by atoms with Crippen molar-refractivity contribution in [2.75, 3.05) is 19.8 Å². The van der Waals surface area contributed by atoms with Crippen LogP contribution in [-0.4, -0.2) is 25.8 Å². The van der Waals surface area contributed by atoms with Gasteiger partial charge < -0.3 is 9.47 Å². The summed E-state index contributed by atoms with van der Waals surface area (Å²) < 4.78 is 10.3. The molecular formula is C12H22O3. The summed E-state index contributed by atoms with van der Waals surface area (Å²) in [5, 5.41) is 0. The molecule has 0 radical (unpaired) electrons. The zero-order chi connectivity index (χ0) is 11.7. The van der Waals surface area contributed by atoms with Crippen LogP contribution in [0.5, 0.6) is 0 Å². The highest BCUT2D eigenvalue weighted by molar-refractivity contribution is 5.86. The van der Waals surface area contributed by atoms with Crippen LogP contribution >= 0.6 is 0 Å². The van der Waals surface area contributed by atoms with Crippen LogP contribution in [0.2, 0.25) is 0 Å². The first-order chi connectivity index (χ1) is 7.04. The van der Waals surface area contributed by atoms with Crippen LogP contribution in [0.15, 0.2) is 12.2 Å². The lowest BCUT2D eigenvalue weighted by Gasteiger charge is -2.07. The van der Waals surface area contributed by atoms with Gasteiger partial charge in [-0.1, -0.05) is 20.4 Å². The number of carbonyl (C=O) groups excluding carboxylic acids is 1. The number of hydrogen-bond acceptors (Lipinski definition) is 3. The van der Waals surface area contributed by atoms with E-state index in [1.807, 2.05) is 0 Å². The maximum Gasteiger partial charge on any atom is 0.333 e. The molecule has 0 aliphatic heterocycles. The molecule has 0 rings (SSSR count). The highest BCUT2D eigenvalue weighted by Gasteiger charge is 2.01. The summed E-state index contributed by atoms with van der Waals surface area (Å²) in [6.07, 6.45) is 1.82. The SMILES string of the molecule is C=C(C)C(=O)OCCCOCCC(C)C.